The Kier molecular flexibility index (Phi) is 22.6. The molecule has 0 heterocycles. The van der Waals surface area contributed by atoms with E-state index >= 15 is 0 Å². The Morgan fingerprint density at radius 1 is 1.12 bits per heavy atom. The third-order valence-electron chi connectivity index (χ3n) is 0. The number of hydrogen-bond acceptors (Lipinski definition) is 1. The minimum atomic E-state index is -4.64. The first-order valence-electron chi connectivity index (χ1n) is 0.783. The summed E-state index contributed by atoms with van der Waals surface area (Å²) in [6, 6.07) is 0. The van der Waals surface area contributed by atoms with Gasteiger partial charge >= 0.3 is 7.82 Å². The van der Waals surface area contributed by atoms with Gasteiger partial charge in [-0.15, -0.1) is 0 Å². The maximum Gasteiger partial charge on any atom is 0.466 e. The van der Waals surface area contributed by atoms with E-state index in [0.29, 0.717) is 0 Å². The molecule has 0 aliphatic rings. The van der Waals surface area contributed by atoms with Crippen LogP contribution in [0.2, 0.25) is 0 Å². The van der Waals surface area contributed by atoms with Crippen LogP contribution in [0.15, 0.2) is 0 Å². The highest BCUT2D eigenvalue weighted by molar-refractivity contribution is 7.45. The molecule has 0 spiro atoms. The average Bonchev–Trinajstić information content (AvgIpc) is 0.722. The van der Waals surface area contributed by atoms with Crippen LogP contribution in [0.1, 0.15) is 0 Å². The Bertz CT molecular complexity index is 58.6. The first-order chi connectivity index (χ1) is 2.00. The molecule has 50 valence electrons. The Balaban J connectivity index is -0.0000000267. The van der Waals surface area contributed by atoms with E-state index < -0.39 is 7.82 Å². The summed E-state index contributed by atoms with van der Waals surface area (Å²) < 4.78 is 8.88. The van der Waals surface area contributed by atoms with Crippen molar-refractivity contribution in [2.45, 2.75) is 0 Å². The zero-order valence-corrected chi connectivity index (χ0v) is 6.71. The second-order valence-corrected chi connectivity index (χ2v) is 1.54. The lowest BCUT2D eigenvalue weighted by atomic mass is 14.0. The van der Waals surface area contributed by atoms with E-state index in [0.717, 1.165) is 0 Å². The molecule has 0 fully saturated rings. The number of hydrogen-bond donors (Lipinski definition) is 4. The molecule has 0 saturated heterocycles. The number of phosphoric acid groups is 1. The predicted molar refractivity (Wildman–Crippen MR) is 29.6 cm³/mol. The monoisotopic (exact) mass is 158 g/mol. The fraction of sp³-hybridized carbons (Fsp3) is 0. The van der Waals surface area contributed by atoms with E-state index in [1.54, 1.807) is 0 Å². The van der Waals surface area contributed by atoms with Gasteiger partial charge in [-0.1, -0.05) is 0 Å². The smallest absolute Gasteiger partial charge is 0.412 e. The molecule has 0 bridgehead atoms. The van der Waals surface area contributed by atoms with Crippen molar-refractivity contribution in [3.8, 4) is 0 Å². The van der Waals surface area contributed by atoms with Crippen molar-refractivity contribution < 1.29 is 24.7 Å². The predicted octanol–water partition coefficient (Wildman–Crippen LogP) is -1.76. The summed E-state index contributed by atoms with van der Waals surface area (Å²) in [5, 5.41) is 0. The van der Waals surface area contributed by atoms with Crippen LogP contribution in [0, 0.1) is 0 Å². The standard InChI is InChI=1S/Mg.H3N.H3O4P.H2O/c;;1-5(2,3)4;/h;1H3;(H3,1,2,3,4);1H2/p+1. The third kappa shape index (κ3) is 360. The summed E-state index contributed by atoms with van der Waals surface area (Å²) in [4.78, 5) is 21.6. The highest BCUT2D eigenvalue weighted by atomic mass is 31.2. The average molecular weight is 158 g/mol. The molecule has 0 aromatic rings. The van der Waals surface area contributed by atoms with Gasteiger partial charge in [0, 0.05) is 23.1 Å². The molecule has 0 aliphatic heterocycles. The molecule has 0 aliphatic carbocycles. The second-order valence-electron chi connectivity index (χ2n) is 0.513. The Morgan fingerprint density at radius 2 is 1.12 bits per heavy atom. The normalized spacial score (nSPS) is 7.38. The van der Waals surface area contributed by atoms with E-state index in [9.17, 15) is 0 Å². The maximum atomic E-state index is 8.88. The van der Waals surface area contributed by atoms with Crippen molar-refractivity contribution in [1.82, 2.24) is 6.15 Å². The van der Waals surface area contributed by atoms with E-state index in [1.807, 2.05) is 0 Å². The Hall–Kier alpha value is 0.796. The van der Waals surface area contributed by atoms with E-state index in [1.165, 1.54) is 0 Å². The first-order valence-corrected chi connectivity index (χ1v) is 2.35. The van der Waals surface area contributed by atoms with Gasteiger partial charge in [-0.25, -0.2) is 4.57 Å². The molecular weight excluding hydrogens is 149 g/mol. The number of quaternary nitrogens is 1. The zero-order valence-electron chi connectivity index (χ0n) is 4.40. The summed E-state index contributed by atoms with van der Waals surface area (Å²) in [5.74, 6) is 0. The molecule has 0 saturated carbocycles. The van der Waals surface area contributed by atoms with E-state index in [-0.39, 0.29) is 34.7 Å². The van der Waals surface area contributed by atoms with Crippen LogP contribution in [-0.4, -0.2) is 43.2 Å². The molecule has 0 atom stereocenters. The van der Waals surface area contributed by atoms with Crippen LogP contribution in [0.3, 0.4) is 0 Å². The molecule has 0 rings (SSSR count). The highest BCUT2D eigenvalue weighted by Gasteiger charge is 2.00. The molecule has 9 N–H and O–H groups in total. The van der Waals surface area contributed by atoms with Crippen molar-refractivity contribution in [3.05, 3.63) is 0 Å². The molecular formula is H9MgNO5P+. The second kappa shape index (κ2) is 7.80. The van der Waals surface area contributed by atoms with Crippen LogP contribution in [0.4, 0.5) is 0 Å². The molecule has 6 nitrogen and oxygen atoms in total. The van der Waals surface area contributed by atoms with Crippen molar-refractivity contribution >= 4 is 30.9 Å². The molecule has 0 amide bonds. The van der Waals surface area contributed by atoms with Crippen molar-refractivity contribution in [1.29, 1.82) is 0 Å². The van der Waals surface area contributed by atoms with Gasteiger partial charge in [-0.2, -0.15) is 0 Å². The maximum absolute atomic E-state index is 8.88. The molecule has 8 heteroatoms. The summed E-state index contributed by atoms with van der Waals surface area (Å²) in [6.07, 6.45) is 0. The summed E-state index contributed by atoms with van der Waals surface area (Å²) in [7, 11) is -4.64. The summed E-state index contributed by atoms with van der Waals surface area (Å²) in [6.45, 7) is 0. The molecule has 8 heavy (non-hydrogen) atoms. The molecule has 0 aromatic heterocycles. The first kappa shape index (κ1) is 23.2. The fourth-order valence-electron chi connectivity index (χ4n) is 0. The van der Waals surface area contributed by atoms with Gasteiger partial charge in [-0.3, -0.25) is 0 Å². The quantitative estimate of drug-likeness (QED) is 0.244. The summed E-state index contributed by atoms with van der Waals surface area (Å²) in [5.41, 5.74) is 0. The van der Waals surface area contributed by atoms with Crippen LogP contribution in [0.5, 0.6) is 0 Å². The zero-order chi connectivity index (χ0) is 4.50. The van der Waals surface area contributed by atoms with Gasteiger partial charge in [0.25, 0.3) is 0 Å². The van der Waals surface area contributed by atoms with Gasteiger partial charge in [0.15, 0.2) is 0 Å². The summed E-state index contributed by atoms with van der Waals surface area (Å²) >= 11 is 0. The molecule has 0 unspecified atom stereocenters. The van der Waals surface area contributed by atoms with Gasteiger partial charge in [0.1, 0.15) is 0 Å². The third-order valence-corrected chi connectivity index (χ3v) is 0. The van der Waals surface area contributed by atoms with Crippen LogP contribution in [0.25, 0.3) is 0 Å². The largest absolute Gasteiger partial charge is 0.466 e. The van der Waals surface area contributed by atoms with Crippen molar-refractivity contribution in [2.75, 3.05) is 0 Å². The highest BCUT2D eigenvalue weighted by Crippen LogP contribution is 2.25. The van der Waals surface area contributed by atoms with E-state index in [2.05, 4.69) is 0 Å². The minimum absolute atomic E-state index is 0. The Morgan fingerprint density at radius 3 is 1.12 bits per heavy atom. The molecule has 2 radical (unpaired) electrons. The van der Waals surface area contributed by atoms with Gasteiger partial charge < -0.3 is 26.3 Å². The van der Waals surface area contributed by atoms with Gasteiger partial charge in [-0.05, 0) is 0 Å². The number of rotatable bonds is 0. The van der Waals surface area contributed by atoms with Crippen molar-refractivity contribution in [3.63, 3.8) is 0 Å². The minimum Gasteiger partial charge on any atom is -0.412 e. The van der Waals surface area contributed by atoms with Crippen molar-refractivity contribution in [2.24, 2.45) is 0 Å². The lowest BCUT2D eigenvalue weighted by Crippen LogP contribution is -1.66. The van der Waals surface area contributed by atoms with Gasteiger partial charge in [0.05, 0.1) is 0 Å². The Labute approximate surface area is 62.2 Å². The van der Waals surface area contributed by atoms with Crippen LogP contribution >= 0.6 is 7.82 Å². The van der Waals surface area contributed by atoms with Gasteiger partial charge in [0.2, 0.25) is 0 Å². The molecule has 0 aromatic carbocycles. The van der Waals surface area contributed by atoms with Crippen LogP contribution < -0.4 is 6.15 Å². The lowest BCUT2D eigenvalue weighted by Gasteiger charge is -1.82. The SMILES string of the molecule is O.O=P(O)(O)O.[Mg].[NH4+]. The topological polar surface area (TPSA) is 146 Å². The van der Waals surface area contributed by atoms with E-state index in [4.69, 9.17) is 19.2 Å². The fourth-order valence-corrected chi connectivity index (χ4v) is 0. The van der Waals surface area contributed by atoms with Crippen LogP contribution in [-0.2, 0) is 4.57 Å². The lowest BCUT2D eigenvalue weighted by molar-refractivity contribution is 0.275.